The number of allylic oxidation sites excluding steroid dienone is 3. The minimum Gasteiger partial charge on any atom is -0.423 e. The molecule has 1 saturated heterocycles. The van der Waals surface area contributed by atoms with E-state index in [9.17, 15) is 9.59 Å². The van der Waals surface area contributed by atoms with Crippen LogP contribution in [0.5, 0.6) is 5.75 Å². The summed E-state index contributed by atoms with van der Waals surface area (Å²) in [4.78, 5) is 25.2. The average molecular weight is 299 g/mol. The van der Waals surface area contributed by atoms with Crippen molar-refractivity contribution in [2.24, 2.45) is 0 Å². The van der Waals surface area contributed by atoms with Gasteiger partial charge in [0.2, 0.25) is 5.91 Å². The summed E-state index contributed by atoms with van der Waals surface area (Å²) in [5.41, 5.74) is 1.93. The van der Waals surface area contributed by atoms with Crippen molar-refractivity contribution in [2.45, 2.75) is 33.1 Å². The molecular weight excluding hydrogens is 278 g/mol. The van der Waals surface area contributed by atoms with Crippen LogP contribution in [0.1, 0.15) is 33.1 Å². The number of hydrogen-bond acceptors (Lipinski definition) is 3. The largest absolute Gasteiger partial charge is 0.423 e. The van der Waals surface area contributed by atoms with Gasteiger partial charge in [0, 0.05) is 24.7 Å². The lowest BCUT2D eigenvalue weighted by atomic mass is 10.2. The smallest absolute Gasteiger partial charge is 0.336 e. The molecule has 2 rings (SSSR count). The fourth-order valence-corrected chi connectivity index (χ4v) is 2.36. The van der Waals surface area contributed by atoms with Crippen LogP contribution >= 0.6 is 0 Å². The van der Waals surface area contributed by atoms with Gasteiger partial charge in [0.1, 0.15) is 5.75 Å². The summed E-state index contributed by atoms with van der Waals surface area (Å²) in [6.07, 6.45) is 7.53. The van der Waals surface area contributed by atoms with Crippen molar-refractivity contribution >= 4 is 17.6 Å². The Bertz CT molecular complexity index is 599. The zero-order chi connectivity index (χ0) is 15.9. The molecule has 0 unspecified atom stereocenters. The lowest BCUT2D eigenvalue weighted by Gasteiger charge is -2.15. The van der Waals surface area contributed by atoms with Gasteiger partial charge in [-0.05, 0) is 44.0 Å². The van der Waals surface area contributed by atoms with Crippen molar-refractivity contribution in [2.75, 3.05) is 11.4 Å². The van der Waals surface area contributed by atoms with Crippen LogP contribution in [-0.2, 0) is 9.59 Å². The van der Waals surface area contributed by atoms with Crippen molar-refractivity contribution in [1.82, 2.24) is 0 Å². The number of carbonyl (C=O) groups is 2. The van der Waals surface area contributed by atoms with Crippen LogP contribution in [0, 0.1) is 0 Å². The second-order valence-electron chi connectivity index (χ2n) is 5.11. The molecular formula is C18H21NO3. The number of amides is 1. The Labute approximate surface area is 131 Å². The highest BCUT2D eigenvalue weighted by Gasteiger charge is 2.21. The zero-order valence-corrected chi connectivity index (χ0v) is 13.0. The number of ether oxygens (including phenoxy) is 1. The third-order valence-corrected chi connectivity index (χ3v) is 3.65. The van der Waals surface area contributed by atoms with Gasteiger partial charge in [-0.1, -0.05) is 24.6 Å². The van der Waals surface area contributed by atoms with Crippen LogP contribution in [0.25, 0.3) is 0 Å². The Morgan fingerprint density at radius 2 is 2.00 bits per heavy atom. The molecule has 0 spiro atoms. The summed E-state index contributed by atoms with van der Waals surface area (Å²) in [6, 6.07) is 7.03. The fourth-order valence-electron chi connectivity index (χ4n) is 2.36. The number of esters is 1. The van der Waals surface area contributed by atoms with E-state index in [0.717, 1.165) is 30.6 Å². The van der Waals surface area contributed by atoms with E-state index < -0.39 is 5.97 Å². The van der Waals surface area contributed by atoms with Gasteiger partial charge in [-0.3, -0.25) is 4.79 Å². The Hall–Kier alpha value is -2.36. The monoisotopic (exact) mass is 299 g/mol. The second kappa shape index (κ2) is 7.59. The topological polar surface area (TPSA) is 46.6 Å². The predicted molar refractivity (Wildman–Crippen MR) is 86.9 cm³/mol. The summed E-state index contributed by atoms with van der Waals surface area (Å²) >= 11 is 0. The second-order valence-corrected chi connectivity index (χ2v) is 5.11. The maximum absolute atomic E-state index is 11.7. The third kappa shape index (κ3) is 4.07. The molecule has 0 radical (unpaired) electrons. The highest BCUT2D eigenvalue weighted by Crippen LogP contribution is 2.24. The number of carbonyl (C=O) groups excluding carboxylic acids is 2. The molecule has 1 aliphatic rings. The van der Waals surface area contributed by atoms with E-state index in [0.29, 0.717) is 12.2 Å². The molecule has 116 valence electrons. The van der Waals surface area contributed by atoms with Gasteiger partial charge in [-0.2, -0.15) is 0 Å². The van der Waals surface area contributed by atoms with Crippen LogP contribution in [0.2, 0.25) is 0 Å². The van der Waals surface area contributed by atoms with Gasteiger partial charge < -0.3 is 9.64 Å². The lowest BCUT2D eigenvalue weighted by Crippen LogP contribution is -2.23. The van der Waals surface area contributed by atoms with Crippen LogP contribution in [0.3, 0.4) is 0 Å². The molecule has 1 aromatic carbocycles. The van der Waals surface area contributed by atoms with Crippen molar-refractivity contribution in [1.29, 1.82) is 0 Å². The molecule has 0 aromatic heterocycles. The van der Waals surface area contributed by atoms with Gasteiger partial charge in [0.15, 0.2) is 0 Å². The van der Waals surface area contributed by atoms with Crippen LogP contribution in [0.4, 0.5) is 5.69 Å². The zero-order valence-electron chi connectivity index (χ0n) is 13.0. The summed E-state index contributed by atoms with van der Waals surface area (Å²) in [5.74, 6) is 0.215. The van der Waals surface area contributed by atoms with E-state index >= 15 is 0 Å². The summed E-state index contributed by atoms with van der Waals surface area (Å²) in [5, 5.41) is 0. The Kier molecular flexibility index (Phi) is 5.53. The normalized spacial score (nSPS) is 15.6. The molecule has 0 atom stereocenters. The average Bonchev–Trinajstić information content (AvgIpc) is 2.95. The van der Waals surface area contributed by atoms with E-state index in [1.165, 1.54) is 6.08 Å². The maximum atomic E-state index is 11.7. The van der Waals surface area contributed by atoms with Gasteiger partial charge in [0.25, 0.3) is 0 Å². The number of anilines is 1. The number of rotatable bonds is 5. The van der Waals surface area contributed by atoms with E-state index in [2.05, 4.69) is 0 Å². The minimum absolute atomic E-state index is 0.145. The van der Waals surface area contributed by atoms with E-state index in [1.807, 2.05) is 19.9 Å². The highest BCUT2D eigenvalue weighted by molar-refractivity contribution is 5.95. The molecule has 1 fully saturated rings. The van der Waals surface area contributed by atoms with Crippen molar-refractivity contribution in [3.05, 3.63) is 48.1 Å². The van der Waals surface area contributed by atoms with Crippen LogP contribution in [-0.4, -0.2) is 18.4 Å². The van der Waals surface area contributed by atoms with Crippen molar-refractivity contribution in [3.8, 4) is 5.75 Å². The predicted octanol–water partition coefficient (Wildman–Crippen LogP) is 3.63. The number of benzene rings is 1. The van der Waals surface area contributed by atoms with E-state index in [1.54, 1.807) is 35.2 Å². The summed E-state index contributed by atoms with van der Waals surface area (Å²) in [6.45, 7) is 4.72. The maximum Gasteiger partial charge on any atom is 0.336 e. The van der Waals surface area contributed by atoms with Gasteiger partial charge in [-0.15, -0.1) is 0 Å². The fraction of sp³-hybridized carbons (Fsp3) is 0.333. The third-order valence-electron chi connectivity index (χ3n) is 3.65. The molecule has 0 saturated carbocycles. The molecule has 0 N–H and O–H groups in total. The number of nitrogens with zero attached hydrogens (tertiary/aromatic N) is 1. The highest BCUT2D eigenvalue weighted by atomic mass is 16.5. The summed E-state index contributed by atoms with van der Waals surface area (Å²) in [7, 11) is 0. The van der Waals surface area contributed by atoms with Crippen molar-refractivity contribution in [3.63, 3.8) is 0 Å². The van der Waals surface area contributed by atoms with Crippen LogP contribution < -0.4 is 9.64 Å². The molecule has 4 heteroatoms. The molecule has 1 amide bonds. The van der Waals surface area contributed by atoms with E-state index in [4.69, 9.17) is 4.74 Å². The Morgan fingerprint density at radius 1 is 1.27 bits per heavy atom. The van der Waals surface area contributed by atoms with E-state index in [-0.39, 0.29) is 5.91 Å². The first-order valence-corrected chi connectivity index (χ1v) is 7.59. The minimum atomic E-state index is -0.405. The first-order chi connectivity index (χ1) is 10.6. The quantitative estimate of drug-likeness (QED) is 0.361. The Balaban J connectivity index is 1.96. The molecule has 1 heterocycles. The first kappa shape index (κ1) is 16.0. The molecule has 1 aliphatic heterocycles. The molecule has 22 heavy (non-hydrogen) atoms. The van der Waals surface area contributed by atoms with Gasteiger partial charge in [0.05, 0.1) is 0 Å². The molecule has 4 nitrogen and oxygen atoms in total. The van der Waals surface area contributed by atoms with Gasteiger partial charge >= 0.3 is 5.97 Å². The first-order valence-electron chi connectivity index (χ1n) is 7.59. The lowest BCUT2D eigenvalue weighted by molar-refractivity contribution is -0.129. The summed E-state index contributed by atoms with van der Waals surface area (Å²) < 4.78 is 5.24. The Morgan fingerprint density at radius 3 is 2.55 bits per heavy atom. The molecule has 0 aliphatic carbocycles. The van der Waals surface area contributed by atoms with Gasteiger partial charge in [-0.25, -0.2) is 4.79 Å². The molecule has 0 bridgehead atoms. The van der Waals surface area contributed by atoms with Crippen LogP contribution in [0.15, 0.2) is 48.1 Å². The standard InChI is InChI=1S/C18H21NO3/c1-3-14(4-2)7-12-18(21)22-16-10-8-15(9-11-16)19-13-5-6-17(19)20/h3,7-12H,4-6,13H2,1-2H3. The molecule has 1 aromatic rings. The van der Waals surface area contributed by atoms with Crippen molar-refractivity contribution < 1.29 is 14.3 Å². The number of hydrogen-bond donors (Lipinski definition) is 0. The SMILES string of the molecule is CC=C(C=CC(=O)Oc1ccc(N2CCCC2=O)cc1)CC.